The van der Waals surface area contributed by atoms with Crippen molar-refractivity contribution in [3.8, 4) is 11.3 Å². The van der Waals surface area contributed by atoms with Gasteiger partial charge < -0.3 is 14.6 Å². The molecule has 0 spiro atoms. The van der Waals surface area contributed by atoms with Gasteiger partial charge in [-0.05, 0) is 49.2 Å². The van der Waals surface area contributed by atoms with Crippen molar-refractivity contribution in [3.63, 3.8) is 0 Å². The number of nitrogens with one attached hydrogen (secondary N) is 1. The van der Waals surface area contributed by atoms with Gasteiger partial charge in [0.05, 0.1) is 55.1 Å². The molecule has 40 heavy (non-hydrogen) atoms. The van der Waals surface area contributed by atoms with Gasteiger partial charge in [0.15, 0.2) is 0 Å². The molecule has 10 nitrogen and oxygen atoms in total. The maximum Gasteiger partial charge on any atom is 0.246 e. The molecule has 0 bridgehead atoms. The number of fused-ring (bicyclic) bond motifs is 3. The van der Waals surface area contributed by atoms with E-state index in [9.17, 15) is 9.59 Å². The lowest BCUT2D eigenvalue weighted by Gasteiger charge is -2.34. The predicted molar refractivity (Wildman–Crippen MR) is 156 cm³/mol. The molecule has 2 amide bonds. The van der Waals surface area contributed by atoms with Crippen LogP contribution in [0.15, 0.2) is 43.0 Å². The predicted octanol–water partition coefficient (Wildman–Crippen LogP) is 3.17. The topological polar surface area (TPSA) is 97.0 Å². The molecule has 3 fully saturated rings. The summed E-state index contributed by atoms with van der Waals surface area (Å²) >= 11 is 6.56. The second-order valence-electron chi connectivity index (χ2n) is 10.3. The maximum absolute atomic E-state index is 13.1. The van der Waals surface area contributed by atoms with Gasteiger partial charge in [-0.2, -0.15) is 5.10 Å². The summed E-state index contributed by atoms with van der Waals surface area (Å²) in [5.74, 6) is -0.252. The molecule has 0 saturated carbocycles. The zero-order valence-electron chi connectivity index (χ0n) is 21.7. The van der Waals surface area contributed by atoms with Gasteiger partial charge in [0, 0.05) is 41.5 Å². The third-order valence-electron chi connectivity index (χ3n) is 7.84. The van der Waals surface area contributed by atoms with Crippen molar-refractivity contribution in [2.45, 2.75) is 38.1 Å². The van der Waals surface area contributed by atoms with Gasteiger partial charge in [0.2, 0.25) is 11.8 Å². The van der Waals surface area contributed by atoms with Crippen LogP contribution in [0.4, 0.5) is 0 Å². The van der Waals surface area contributed by atoms with E-state index in [1.807, 2.05) is 29.3 Å². The highest BCUT2D eigenvalue weighted by atomic mass is 35.5. The zero-order valence-corrected chi connectivity index (χ0v) is 24.1. The van der Waals surface area contributed by atoms with E-state index in [0.717, 1.165) is 65.7 Å². The molecule has 2 atom stereocenters. The summed E-state index contributed by atoms with van der Waals surface area (Å²) in [6.45, 7) is 4.40. The molecule has 13 heteroatoms. The number of morpholine rings is 1. The number of ether oxygens (including phenoxy) is 1. The van der Waals surface area contributed by atoms with Gasteiger partial charge in [-0.1, -0.05) is 11.6 Å². The molecule has 3 aliphatic heterocycles. The number of carbonyl (C=O) groups is 2. The van der Waals surface area contributed by atoms with Crippen molar-refractivity contribution in [3.05, 3.63) is 53.6 Å². The van der Waals surface area contributed by atoms with E-state index in [4.69, 9.17) is 16.3 Å². The molecule has 3 saturated heterocycles. The van der Waals surface area contributed by atoms with Crippen molar-refractivity contribution in [1.29, 1.82) is 0 Å². The average Bonchev–Trinajstić information content (AvgIpc) is 3.65. The number of piperazine rings is 1. The second-order valence-corrected chi connectivity index (χ2v) is 10.7. The van der Waals surface area contributed by atoms with Crippen LogP contribution in [0.25, 0.3) is 27.7 Å². The first-order valence-corrected chi connectivity index (χ1v) is 13.4. The molecule has 0 radical (unpaired) electrons. The van der Waals surface area contributed by atoms with Crippen molar-refractivity contribution < 1.29 is 14.3 Å². The van der Waals surface area contributed by atoms with Crippen molar-refractivity contribution in [2.24, 2.45) is 0 Å². The number of nitrogens with zero attached hydrogens (tertiary/aromatic N) is 6. The number of carbonyl (C=O) groups excluding carboxylic acids is 2. The fourth-order valence-corrected chi connectivity index (χ4v) is 6.31. The minimum atomic E-state index is -0.184. The molecule has 6 heterocycles. The van der Waals surface area contributed by atoms with Crippen LogP contribution >= 0.6 is 36.4 Å². The molecule has 3 aliphatic rings. The molecule has 0 unspecified atom stereocenters. The highest BCUT2D eigenvalue weighted by molar-refractivity contribution is 6.32. The SMILES string of the molecule is Cl.Cl.O=C1CN2CCC[C@H]2C(=O)N1Cc1cc2c(-c3cc(Cl)cc4ccn(C[C@@H]5CNCCO5)c34)ncnn2c1. The van der Waals surface area contributed by atoms with Crippen LogP contribution in [-0.4, -0.2) is 85.7 Å². The maximum atomic E-state index is 13.1. The normalized spacial score (nSPS) is 21.5. The first kappa shape index (κ1) is 28.8. The smallest absolute Gasteiger partial charge is 0.246 e. The highest BCUT2D eigenvalue weighted by Crippen LogP contribution is 2.35. The largest absolute Gasteiger partial charge is 0.374 e. The summed E-state index contributed by atoms with van der Waals surface area (Å²) < 4.78 is 9.91. The standard InChI is InChI=1S/C27H28ClN7O3.2ClH/c28-19-9-18-3-6-33(14-20-11-29-4-7-38-20)26(18)21(10-19)25-23-8-17(13-35(23)31-16-30-25)12-34-24(36)15-32-5-1-2-22(32)27(34)37;;/h3,6,8-10,13,16,20,22,29H,1-2,4-5,7,11-12,14-15H2;2*1H/t20-,22-;;/m0../s1. The average molecular weight is 607 g/mol. The Morgan fingerprint density at radius 1 is 1.18 bits per heavy atom. The van der Waals surface area contributed by atoms with Gasteiger partial charge in [0.25, 0.3) is 0 Å². The first-order chi connectivity index (χ1) is 18.5. The lowest BCUT2D eigenvalue weighted by Crippen LogP contribution is -2.56. The van der Waals surface area contributed by atoms with Gasteiger partial charge in [-0.25, -0.2) is 9.50 Å². The van der Waals surface area contributed by atoms with E-state index >= 15 is 0 Å². The summed E-state index contributed by atoms with van der Waals surface area (Å²) in [5.41, 5.74) is 4.27. The van der Waals surface area contributed by atoms with E-state index in [1.54, 1.807) is 4.52 Å². The number of hydrogen-bond donors (Lipinski definition) is 1. The van der Waals surface area contributed by atoms with E-state index in [-0.39, 0.29) is 55.3 Å². The van der Waals surface area contributed by atoms with E-state index in [0.29, 0.717) is 24.7 Å². The monoisotopic (exact) mass is 605 g/mol. The summed E-state index contributed by atoms with van der Waals surface area (Å²) in [7, 11) is 0. The van der Waals surface area contributed by atoms with Crippen molar-refractivity contribution in [1.82, 2.24) is 34.3 Å². The van der Waals surface area contributed by atoms with Crippen molar-refractivity contribution in [2.75, 3.05) is 32.8 Å². The Hall–Kier alpha value is -2.73. The van der Waals surface area contributed by atoms with E-state index in [2.05, 4.69) is 32.2 Å². The minimum absolute atomic E-state index is 0. The summed E-state index contributed by atoms with van der Waals surface area (Å²) in [6, 6.07) is 7.73. The van der Waals surface area contributed by atoms with Crippen LogP contribution < -0.4 is 5.32 Å². The molecular formula is C27H30Cl3N7O3. The minimum Gasteiger partial charge on any atom is -0.374 e. The first-order valence-electron chi connectivity index (χ1n) is 13.1. The van der Waals surface area contributed by atoms with Crippen LogP contribution in [-0.2, 0) is 27.4 Å². The molecule has 0 aliphatic carbocycles. The van der Waals surface area contributed by atoms with Crippen LogP contribution in [0, 0.1) is 0 Å². The quantitative estimate of drug-likeness (QED) is 0.349. The van der Waals surface area contributed by atoms with Crippen molar-refractivity contribution >= 4 is 64.6 Å². The number of benzene rings is 1. The molecule has 1 aromatic carbocycles. The van der Waals surface area contributed by atoms with Gasteiger partial charge in [-0.3, -0.25) is 19.4 Å². The second kappa shape index (κ2) is 11.6. The molecule has 3 aromatic heterocycles. The Bertz CT molecular complexity index is 1570. The van der Waals surface area contributed by atoms with Crippen LogP contribution in [0.3, 0.4) is 0 Å². The number of amides is 2. The Kier molecular flexibility index (Phi) is 8.37. The van der Waals surface area contributed by atoms with Gasteiger partial charge in [-0.15, -0.1) is 24.8 Å². The highest BCUT2D eigenvalue weighted by Gasteiger charge is 2.42. The fourth-order valence-electron chi connectivity index (χ4n) is 6.08. The third kappa shape index (κ3) is 5.08. The lowest BCUT2D eigenvalue weighted by atomic mass is 10.1. The summed E-state index contributed by atoms with van der Waals surface area (Å²) in [6.07, 6.45) is 7.28. The number of halogens is 3. The van der Waals surface area contributed by atoms with Crippen LogP contribution in [0.1, 0.15) is 18.4 Å². The fraction of sp³-hybridized carbons (Fsp3) is 0.407. The Morgan fingerprint density at radius 3 is 2.88 bits per heavy atom. The molecule has 212 valence electrons. The van der Waals surface area contributed by atoms with Crippen LogP contribution in [0.5, 0.6) is 0 Å². The van der Waals surface area contributed by atoms with Crippen LogP contribution in [0.2, 0.25) is 5.02 Å². The van der Waals surface area contributed by atoms with Gasteiger partial charge >= 0.3 is 0 Å². The number of aromatic nitrogens is 4. The lowest BCUT2D eigenvalue weighted by molar-refractivity contribution is -0.155. The molecule has 1 N–H and O–H groups in total. The zero-order chi connectivity index (χ0) is 25.8. The molecule has 7 rings (SSSR count). The third-order valence-corrected chi connectivity index (χ3v) is 8.06. The van der Waals surface area contributed by atoms with E-state index in [1.165, 1.54) is 11.2 Å². The number of imide groups is 1. The van der Waals surface area contributed by atoms with Gasteiger partial charge in [0.1, 0.15) is 6.33 Å². The number of rotatable bonds is 5. The molecule has 4 aromatic rings. The Morgan fingerprint density at radius 2 is 2.05 bits per heavy atom. The number of hydrogen-bond acceptors (Lipinski definition) is 7. The Labute approximate surface area is 248 Å². The Balaban J connectivity index is 0.00000161. The molecular weight excluding hydrogens is 577 g/mol. The summed E-state index contributed by atoms with van der Waals surface area (Å²) in [5, 5.41) is 9.45. The summed E-state index contributed by atoms with van der Waals surface area (Å²) in [4.78, 5) is 33.9. The van der Waals surface area contributed by atoms with E-state index < -0.39 is 0 Å².